The van der Waals surface area contributed by atoms with E-state index in [1.807, 2.05) is 4.68 Å². The maximum absolute atomic E-state index is 9.73. The van der Waals surface area contributed by atoms with Crippen LogP contribution in [0.5, 0.6) is 5.75 Å². The average Bonchev–Trinajstić information content (AvgIpc) is 2.82. The maximum atomic E-state index is 9.73. The van der Waals surface area contributed by atoms with E-state index in [0.717, 1.165) is 25.0 Å². The Morgan fingerprint density at radius 1 is 1.53 bits per heavy atom. The van der Waals surface area contributed by atoms with Crippen molar-refractivity contribution in [3.8, 4) is 11.8 Å². The van der Waals surface area contributed by atoms with Crippen molar-refractivity contribution in [2.45, 2.75) is 37.6 Å². The molecule has 0 unspecified atom stereocenters. The zero-order valence-electron chi connectivity index (χ0n) is 8.43. The third-order valence-corrected chi connectivity index (χ3v) is 3.50. The summed E-state index contributed by atoms with van der Waals surface area (Å²) in [4.78, 5) is 0. The van der Waals surface area contributed by atoms with E-state index in [9.17, 15) is 5.11 Å². The minimum Gasteiger partial charge on any atom is -0.504 e. The van der Waals surface area contributed by atoms with Crippen molar-refractivity contribution < 1.29 is 5.11 Å². The zero-order valence-corrected chi connectivity index (χ0v) is 8.43. The molecule has 3 rings (SSSR count). The summed E-state index contributed by atoms with van der Waals surface area (Å²) in [6.45, 7) is 0. The first-order valence-electron chi connectivity index (χ1n) is 5.47. The number of hydrogen-bond acceptors (Lipinski definition) is 3. The largest absolute Gasteiger partial charge is 0.504 e. The van der Waals surface area contributed by atoms with Gasteiger partial charge in [-0.3, -0.25) is 4.68 Å². The van der Waals surface area contributed by atoms with E-state index in [-0.39, 0.29) is 17.6 Å². The van der Waals surface area contributed by atoms with Gasteiger partial charge < -0.3 is 5.11 Å². The van der Waals surface area contributed by atoms with Crippen LogP contribution in [0.3, 0.4) is 0 Å². The fourth-order valence-corrected chi connectivity index (χ4v) is 2.14. The quantitative estimate of drug-likeness (QED) is 0.799. The first-order chi connectivity index (χ1) is 7.29. The highest BCUT2D eigenvalue weighted by Crippen LogP contribution is 2.49. The van der Waals surface area contributed by atoms with Gasteiger partial charge in [-0.05, 0) is 25.7 Å². The molecule has 2 fully saturated rings. The van der Waals surface area contributed by atoms with Crippen LogP contribution in [0.4, 0.5) is 0 Å². The van der Waals surface area contributed by atoms with Crippen LogP contribution in [-0.2, 0) is 0 Å². The van der Waals surface area contributed by atoms with Gasteiger partial charge >= 0.3 is 0 Å². The Bertz CT molecular complexity index is 428. The van der Waals surface area contributed by atoms with Crippen LogP contribution in [-0.4, -0.2) is 14.9 Å². The minimum absolute atomic E-state index is 0.0700. The number of aromatic hydroxyl groups is 1. The Balaban J connectivity index is 1.83. The van der Waals surface area contributed by atoms with Crippen molar-refractivity contribution in [3.05, 3.63) is 11.9 Å². The summed E-state index contributed by atoms with van der Waals surface area (Å²) in [6, 6.07) is 2.70. The molecular weight excluding hydrogens is 190 g/mol. The lowest BCUT2D eigenvalue weighted by Gasteiger charge is -2.25. The van der Waals surface area contributed by atoms with Crippen LogP contribution in [0.2, 0.25) is 0 Å². The predicted octanol–water partition coefficient (Wildman–Crippen LogP) is 1.94. The van der Waals surface area contributed by atoms with E-state index in [1.54, 1.807) is 6.20 Å². The first-order valence-corrected chi connectivity index (χ1v) is 5.47. The van der Waals surface area contributed by atoms with Crippen molar-refractivity contribution in [2.24, 2.45) is 5.92 Å². The molecule has 0 bridgehead atoms. The summed E-state index contributed by atoms with van der Waals surface area (Å²) in [5, 5.41) is 22.9. The molecule has 2 saturated carbocycles. The third-order valence-electron chi connectivity index (χ3n) is 3.50. The number of hydrogen-bond donors (Lipinski definition) is 1. The van der Waals surface area contributed by atoms with Gasteiger partial charge in [0, 0.05) is 5.92 Å². The summed E-state index contributed by atoms with van der Waals surface area (Å²) >= 11 is 0. The van der Waals surface area contributed by atoms with Gasteiger partial charge in [0.2, 0.25) is 0 Å². The molecule has 1 N–H and O–H groups in total. The van der Waals surface area contributed by atoms with E-state index < -0.39 is 0 Å². The fourth-order valence-electron chi connectivity index (χ4n) is 2.14. The molecule has 0 radical (unpaired) electrons. The Labute approximate surface area is 88.1 Å². The van der Waals surface area contributed by atoms with Gasteiger partial charge in [0.15, 0.2) is 5.75 Å². The maximum Gasteiger partial charge on any atom is 0.157 e. The monoisotopic (exact) mass is 203 g/mol. The second-order valence-electron chi connectivity index (χ2n) is 4.54. The van der Waals surface area contributed by atoms with Gasteiger partial charge in [0.1, 0.15) is 5.69 Å². The SMILES string of the molecule is N#C[C@@H]1C[C@H]1c1nn(C2CCC2)cc1O. The summed E-state index contributed by atoms with van der Waals surface area (Å²) in [5.74, 6) is 0.515. The summed E-state index contributed by atoms with van der Waals surface area (Å²) in [5.41, 5.74) is 0.730. The van der Waals surface area contributed by atoms with Crippen LogP contribution in [0.1, 0.15) is 43.3 Å². The first kappa shape index (κ1) is 8.78. The molecule has 0 amide bonds. The molecular formula is C11H13N3O. The molecule has 78 valence electrons. The molecule has 1 aromatic rings. The van der Waals surface area contributed by atoms with Crippen molar-refractivity contribution in [3.63, 3.8) is 0 Å². The molecule has 0 spiro atoms. The van der Waals surface area contributed by atoms with Crippen LogP contribution >= 0.6 is 0 Å². The average molecular weight is 203 g/mol. The molecule has 2 aliphatic carbocycles. The van der Waals surface area contributed by atoms with Gasteiger partial charge in [-0.25, -0.2) is 0 Å². The fraction of sp³-hybridized carbons (Fsp3) is 0.636. The van der Waals surface area contributed by atoms with E-state index in [2.05, 4.69) is 11.2 Å². The van der Waals surface area contributed by atoms with E-state index in [0.29, 0.717) is 6.04 Å². The normalized spacial score (nSPS) is 29.5. The molecule has 4 heteroatoms. The molecule has 15 heavy (non-hydrogen) atoms. The predicted molar refractivity (Wildman–Crippen MR) is 53.2 cm³/mol. The molecule has 4 nitrogen and oxygen atoms in total. The number of rotatable bonds is 2. The van der Waals surface area contributed by atoms with Gasteiger partial charge in [-0.15, -0.1) is 0 Å². The summed E-state index contributed by atoms with van der Waals surface area (Å²) in [7, 11) is 0. The van der Waals surface area contributed by atoms with Crippen molar-refractivity contribution in [1.29, 1.82) is 5.26 Å². The molecule has 0 aliphatic heterocycles. The lowest BCUT2D eigenvalue weighted by molar-refractivity contribution is 0.287. The highest BCUT2D eigenvalue weighted by atomic mass is 16.3. The molecule has 1 heterocycles. The molecule has 2 atom stereocenters. The lowest BCUT2D eigenvalue weighted by atomic mass is 9.93. The van der Waals surface area contributed by atoms with Crippen LogP contribution in [0.25, 0.3) is 0 Å². The summed E-state index contributed by atoms with van der Waals surface area (Å²) in [6.07, 6.45) is 6.14. The van der Waals surface area contributed by atoms with Crippen molar-refractivity contribution in [1.82, 2.24) is 9.78 Å². The van der Waals surface area contributed by atoms with E-state index >= 15 is 0 Å². The molecule has 2 aliphatic rings. The Morgan fingerprint density at radius 3 is 2.87 bits per heavy atom. The van der Waals surface area contributed by atoms with Gasteiger partial charge in [0.05, 0.1) is 24.2 Å². The van der Waals surface area contributed by atoms with E-state index in [4.69, 9.17) is 5.26 Å². The Morgan fingerprint density at radius 2 is 2.33 bits per heavy atom. The standard InChI is InChI=1S/C11H13N3O/c12-5-7-4-9(7)11-10(15)6-14(13-11)8-2-1-3-8/h6-9,15H,1-4H2/t7-,9+/m0/s1. The van der Waals surface area contributed by atoms with Gasteiger partial charge in [-0.2, -0.15) is 10.4 Å². The number of nitriles is 1. The van der Waals surface area contributed by atoms with Crippen molar-refractivity contribution in [2.75, 3.05) is 0 Å². The van der Waals surface area contributed by atoms with Crippen molar-refractivity contribution >= 4 is 0 Å². The number of aromatic nitrogens is 2. The second-order valence-corrected chi connectivity index (χ2v) is 4.54. The molecule has 0 aromatic carbocycles. The highest BCUT2D eigenvalue weighted by Gasteiger charge is 2.42. The van der Waals surface area contributed by atoms with E-state index in [1.165, 1.54) is 6.42 Å². The second kappa shape index (κ2) is 2.99. The highest BCUT2D eigenvalue weighted by molar-refractivity contribution is 5.33. The molecule has 1 aromatic heterocycles. The number of nitrogens with zero attached hydrogens (tertiary/aromatic N) is 3. The Kier molecular flexibility index (Phi) is 1.75. The lowest BCUT2D eigenvalue weighted by Crippen LogP contribution is -2.17. The van der Waals surface area contributed by atoms with Crippen LogP contribution < -0.4 is 0 Å². The smallest absolute Gasteiger partial charge is 0.157 e. The third kappa shape index (κ3) is 1.30. The Hall–Kier alpha value is -1.50. The van der Waals surface area contributed by atoms with Gasteiger partial charge in [0.25, 0.3) is 0 Å². The van der Waals surface area contributed by atoms with Gasteiger partial charge in [-0.1, -0.05) is 0 Å². The molecule has 0 saturated heterocycles. The minimum atomic E-state index is 0.0700. The summed E-state index contributed by atoms with van der Waals surface area (Å²) < 4.78 is 1.88. The zero-order chi connectivity index (χ0) is 10.4. The van der Waals surface area contributed by atoms with Crippen LogP contribution in [0.15, 0.2) is 6.20 Å². The van der Waals surface area contributed by atoms with Crippen LogP contribution in [0, 0.1) is 17.2 Å². The topological polar surface area (TPSA) is 61.8 Å².